The van der Waals surface area contributed by atoms with Crippen LogP contribution in [-0.4, -0.2) is 33.6 Å². The quantitative estimate of drug-likeness (QED) is 0.608. The summed E-state index contributed by atoms with van der Waals surface area (Å²) in [5.74, 6) is -0.0538. The standard InChI is InChI=1S/C22H23N3O4/c1-15-23-11-12-25(15)19-7-5-18(6-8-19)24-21(26)13-17(14-22(27)28)16-3-9-20(29-2)10-4-16/h3-12,17H,13-14H2,1-2H3,(H,24,26)(H,27,28). The van der Waals surface area contributed by atoms with Crippen molar-refractivity contribution in [1.29, 1.82) is 0 Å². The molecule has 0 spiro atoms. The maximum atomic E-state index is 12.5. The number of methoxy groups -OCH3 is 1. The molecule has 7 nitrogen and oxygen atoms in total. The Morgan fingerprint density at radius 1 is 1.10 bits per heavy atom. The second-order valence-corrected chi connectivity index (χ2v) is 6.71. The lowest BCUT2D eigenvalue weighted by Gasteiger charge is -2.16. The van der Waals surface area contributed by atoms with Crippen molar-refractivity contribution in [3.8, 4) is 11.4 Å². The summed E-state index contributed by atoms with van der Waals surface area (Å²) in [7, 11) is 1.57. The van der Waals surface area contributed by atoms with Gasteiger partial charge in [0.1, 0.15) is 11.6 Å². The van der Waals surface area contributed by atoms with E-state index in [0.29, 0.717) is 11.4 Å². The molecule has 0 saturated carbocycles. The van der Waals surface area contributed by atoms with Crippen LogP contribution >= 0.6 is 0 Å². The molecule has 0 bridgehead atoms. The van der Waals surface area contributed by atoms with E-state index in [1.54, 1.807) is 37.6 Å². The third-order valence-corrected chi connectivity index (χ3v) is 4.69. The van der Waals surface area contributed by atoms with Gasteiger partial charge >= 0.3 is 5.97 Å². The van der Waals surface area contributed by atoms with Gasteiger partial charge in [0.05, 0.1) is 13.5 Å². The summed E-state index contributed by atoms with van der Waals surface area (Å²) in [4.78, 5) is 28.0. The maximum absolute atomic E-state index is 12.5. The SMILES string of the molecule is COc1ccc(C(CC(=O)O)CC(=O)Nc2ccc(-n3ccnc3C)cc2)cc1. The summed E-state index contributed by atoms with van der Waals surface area (Å²) in [6.07, 6.45) is 3.54. The van der Waals surface area contributed by atoms with E-state index in [0.717, 1.165) is 17.1 Å². The van der Waals surface area contributed by atoms with E-state index in [4.69, 9.17) is 4.74 Å². The van der Waals surface area contributed by atoms with Gasteiger partial charge in [-0.2, -0.15) is 0 Å². The lowest BCUT2D eigenvalue weighted by molar-refractivity contribution is -0.137. The molecule has 0 fully saturated rings. The molecule has 29 heavy (non-hydrogen) atoms. The molecule has 0 aliphatic carbocycles. The molecule has 0 aliphatic heterocycles. The lowest BCUT2D eigenvalue weighted by Crippen LogP contribution is -2.17. The van der Waals surface area contributed by atoms with E-state index in [1.165, 1.54) is 0 Å². The number of aryl methyl sites for hydroxylation is 1. The fourth-order valence-corrected chi connectivity index (χ4v) is 3.19. The van der Waals surface area contributed by atoms with Crippen LogP contribution < -0.4 is 10.1 Å². The average molecular weight is 393 g/mol. The van der Waals surface area contributed by atoms with Crippen LogP contribution in [0.2, 0.25) is 0 Å². The van der Waals surface area contributed by atoms with Crippen molar-refractivity contribution in [2.24, 2.45) is 0 Å². The molecule has 1 amide bonds. The minimum Gasteiger partial charge on any atom is -0.497 e. The Labute approximate surface area is 169 Å². The van der Waals surface area contributed by atoms with Crippen LogP contribution in [-0.2, 0) is 9.59 Å². The number of carbonyl (C=O) groups is 2. The smallest absolute Gasteiger partial charge is 0.303 e. The van der Waals surface area contributed by atoms with Crippen LogP contribution in [0.4, 0.5) is 5.69 Å². The van der Waals surface area contributed by atoms with Gasteiger partial charge in [0.15, 0.2) is 0 Å². The monoisotopic (exact) mass is 393 g/mol. The highest BCUT2D eigenvalue weighted by Crippen LogP contribution is 2.26. The molecule has 2 aromatic carbocycles. The number of benzene rings is 2. The molecular formula is C22H23N3O4. The molecule has 7 heteroatoms. The predicted octanol–water partition coefficient (Wildman–Crippen LogP) is 3.78. The van der Waals surface area contributed by atoms with Crippen LogP contribution in [0.5, 0.6) is 5.75 Å². The van der Waals surface area contributed by atoms with Gasteiger partial charge in [-0.05, 0) is 48.9 Å². The number of nitrogens with zero attached hydrogens (tertiary/aromatic N) is 2. The summed E-state index contributed by atoms with van der Waals surface area (Å²) < 4.78 is 7.08. The number of anilines is 1. The molecule has 0 saturated heterocycles. The van der Waals surface area contributed by atoms with E-state index >= 15 is 0 Å². The summed E-state index contributed by atoms with van der Waals surface area (Å²) >= 11 is 0. The van der Waals surface area contributed by atoms with Crippen LogP contribution in [0.15, 0.2) is 60.9 Å². The minimum atomic E-state index is -0.946. The molecule has 0 aliphatic rings. The Hall–Kier alpha value is -3.61. The Morgan fingerprint density at radius 2 is 1.79 bits per heavy atom. The molecule has 2 N–H and O–H groups in total. The van der Waals surface area contributed by atoms with Crippen molar-refractivity contribution in [2.45, 2.75) is 25.7 Å². The molecule has 1 heterocycles. The number of hydrogen-bond donors (Lipinski definition) is 2. The number of carbonyl (C=O) groups excluding carboxylic acids is 1. The first-order chi connectivity index (χ1) is 14.0. The van der Waals surface area contributed by atoms with E-state index in [1.807, 2.05) is 42.0 Å². The second-order valence-electron chi connectivity index (χ2n) is 6.71. The number of amides is 1. The van der Waals surface area contributed by atoms with Gasteiger partial charge in [0.2, 0.25) is 5.91 Å². The first kappa shape index (κ1) is 20.1. The molecule has 3 aromatic rings. The minimum absolute atomic E-state index is 0.0704. The summed E-state index contributed by atoms with van der Waals surface area (Å²) in [5.41, 5.74) is 2.38. The molecule has 150 valence electrons. The summed E-state index contributed by atoms with van der Waals surface area (Å²) in [6, 6.07) is 14.5. The summed E-state index contributed by atoms with van der Waals surface area (Å²) in [6.45, 7) is 1.91. The third kappa shape index (κ3) is 5.22. The average Bonchev–Trinajstić information content (AvgIpc) is 3.13. The fraction of sp³-hybridized carbons (Fsp3) is 0.227. The van der Waals surface area contributed by atoms with Crippen LogP contribution in [0.3, 0.4) is 0 Å². The fourth-order valence-electron chi connectivity index (χ4n) is 3.19. The number of hydrogen-bond acceptors (Lipinski definition) is 4. The van der Waals surface area contributed by atoms with Crippen LogP contribution in [0, 0.1) is 6.92 Å². The highest BCUT2D eigenvalue weighted by Gasteiger charge is 2.19. The van der Waals surface area contributed by atoms with Crippen molar-refractivity contribution < 1.29 is 19.4 Å². The van der Waals surface area contributed by atoms with Crippen LogP contribution in [0.25, 0.3) is 5.69 Å². The summed E-state index contributed by atoms with van der Waals surface area (Å²) in [5, 5.41) is 12.1. The number of aliphatic carboxylic acids is 1. The van der Waals surface area contributed by atoms with Gasteiger partial charge in [-0.3, -0.25) is 9.59 Å². The topological polar surface area (TPSA) is 93.5 Å². The molecule has 3 rings (SSSR count). The Morgan fingerprint density at radius 3 is 2.34 bits per heavy atom. The predicted molar refractivity (Wildman–Crippen MR) is 110 cm³/mol. The zero-order valence-electron chi connectivity index (χ0n) is 16.3. The van der Waals surface area contributed by atoms with Gasteiger partial charge in [-0.1, -0.05) is 12.1 Å². The normalized spacial score (nSPS) is 11.7. The zero-order valence-corrected chi connectivity index (χ0v) is 16.3. The highest BCUT2D eigenvalue weighted by atomic mass is 16.5. The van der Waals surface area contributed by atoms with Crippen molar-refractivity contribution in [3.05, 3.63) is 72.3 Å². The van der Waals surface area contributed by atoms with Gasteiger partial charge in [-0.25, -0.2) is 4.98 Å². The van der Waals surface area contributed by atoms with Crippen LogP contribution in [0.1, 0.15) is 30.1 Å². The number of carboxylic acid groups (broad SMARTS) is 1. The Kier molecular flexibility index (Phi) is 6.29. The Bertz CT molecular complexity index is 978. The first-order valence-electron chi connectivity index (χ1n) is 9.22. The van der Waals surface area contributed by atoms with E-state index in [9.17, 15) is 14.7 Å². The Balaban J connectivity index is 1.67. The van der Waals surface area contributed by atoms with Gasteiger partial charge in [-0.15, -0.1) is 0 Å². The number of imidazole rings is 1. The van der Waals surface area contributed by atoms with E-state index in [2.05, 4.69) is 10.3 Å². The number of nitrogens with one attached hydrogen (secondary N) is 1. The molecular weight excluding hydrogens is 370 g/mol. The van der Waals surface area contributed by atoms with E-state index < -0.39 is 11.9 Å². The molecule has 1 unspecified atom stereocenters. The molecule has 0 radical (unpaired) electrons. The second kappa shape index (κ2) is 9.05. The highest BCUT2D eigenvalue weighted by molar-refractivity contribution is 5.91. The van der Waals surface area contributed by atoms with Crippen molar-refractivity contribution in [2.75, 3.05) is 12.4 Å². The first-order valence-corrected chi connectivity index (χ1v) is 9.22. The molecule has 1 atom stereocenters. The lowest BCUT2D eigenvalue weighted by atomic mass is 9.92. The number of ether oxygens (including phenoxy) is 1. The molecule has 1 aromatic heterocycles. The van der Waals surface area contributed by atoms with Gasteiger partial charge < -0.3 is 19.7 Å². The van der Waals surface area contributed by atoms with Crippen molar-refractivity contribution >= 4 is 17.6 Å². The maximum Gasteiger partial charge on any atom is 0.303 e. The van der Waals surface area contributed by atoms with Crippen molar-refractivity contribution in [1.82, 2.24) is 9.55 Å². The van der Waals surface area contributed by atoms with E-state index in [-0.39, 0.29) is 18.7 Å². The number of carboxylic acids is 1. The zero-order chi connectivity index (χ0) is 20.8. The van der Waals surface area contributed by atoms with Gasteiger partial charge in [0, 0.05) is 36.1 Å². The number of aromatic nitrogens is 2. The van der Waals surface area contributed by atoms with Crippen molar-refractivity contribution in [3.63, 3.8) is 0 Å². The van der Waals surface area contributed by atoms with Gasteiger partial charge in [0.25, 0.3) is 0 Å². The number of rotatable bonds is 8. The third-order valence-electron chi connectivity index (χ3n) is 4.69. The largest absolute Gasteiger partial charge is 0.497 e.